The average Bonchev–Trinajstić information content (AvgIpc) is 3.31. The Morgan fingerprint density at radius 3 is 2.42 bits per heavy atom. The first-order chi connectivity index (χ1) is 17.1. The van der Waals surface area contributed by atoms with Crippen LogP contribution in [0.15, 0.2) is 36.5 Å². The quantitative estimate of drug-likeness (QED) is 0.563. The minimum atomic E-state index is -3.28. The molecule has 0 saturated carbocycles. The van der Waals surface area contributed by atoms with E-state index in [4.69, 9.17) is 33.2 Å². The van der Waals surface area contributed by atoms with Crippen LogP contribution in [0.5, 0.6) is 5.88 Å². The normalized spacial score (nSPS) is 21.8. The summed E-state index contributed by atoms with van der Waals surface area (Å²) in [5.74, 6) is 0.270. The number of pyridine rings is 1. The van der Waals surface area contributed by atoms with Crippen LogP contribution in [0.1, 0.15) is 24.0 Å². The van der Waals surface area contributed by atoms with Gasteiger partial charge in [0.25, 0.3) is 0 Å². The Bertz CT molecular complexity index is 1260. The van der Waals surface area contributed by atoms with E-state index in [1.807, 2.05) is 25.1 Å². The van der Waals surface area contributed by atoms with Gasteiger partial charge in [0.1, 0.15) is 12.2 Å². The van der Waals surface area contributed by atoms with Crippen molar-refractivity contribution in [1.29, 1.82) is 5.26 Å². The van der Waals surface area contributed by atoms with Crippen LogP contribution >= 0.6 is 23.2 Å². The van der Waals surface area contributed by atoms with Crippen molar-refractivity contribution in [3.8, 4) is 11.9 Å². The number of benzene rings is 1. The molecule has 9 nitrogen and oxygen atoms in total. The van der Waals surface area contributed by atoms with E-state index in [0.29, 0.717) is 47.7 Å². The number of carbonyl (C=O) groups is 1. The van der Waals surface area contributed by atoms with Gasteiger partial charge in [0.2, 0.25) is 15.9 Å². The number of urea groups is 1. The lowest BCUT2D eigenvalue weighted by Crippen LogP contribution is -2.53. The number of carbonyl (C=O) groups excluding carboxylic acids is 1. The highest BCUT2D eigenvalue weighted by Gasteiger charge is 2.42. The summed E-state index contributed by atoms with van der Waals surface area (Å²) in [4.78, 5) is 21.1. The molecule has 2 aromatic rings. The summed E-state index contributed by atoms with van der Waals surface area (Å²) in [7, 11) is -3.28. The first kappa shape index (κ1) is 26.5. The lowest BCUT2D eigenvalue weighted by molar-refractivity contribution is 0.126. The van der Waals surface area contributed by atoms with Gasteiger partial charge in [-0.1, -0.05) is 29.3 Å². The number of sulfonamides is 1. The van der Waals surface area contributed by atoms with E-state index < -0.39 is 10.0 Å². The molecule has 3 heterocycles. The third-order valence-corrected chi connectivity index (χ3v) is 8.80. The molecular formula is C24H27Cl2N5O4S. The van der Waals surface area contributed by atoms with Gasteiger partial charge in [-0.25, -0.2) is 18.2 Å². The number of ether oxygens (including phenoxy) is 1. The molecule has 2 aliphatic rings. The maximum atomic E-state index is 13.4. The van der Waals surface area contributed by atoms with Gasteiger partial charge in [-0.3, -0.25) is 0 Å². The van der Waals surface area contributed by atoms with E-state index in [2.05, 4.69) is 4.98 Å². The molecule has 0 radical (unpaired) electrons. The van der Waals surface area contributed by atoms with Crippen LogP contribution in [0.25, 0.3) is 0 Å². The Balaban J connectivity index is 1.52. The van der Waals surface area contributed by atoms with E-state index in [1.165, 1.54) is 16.8 Å². The number of halogens is 2. The Morgan fingerprint density at radius 1 is 1.11 bits per heavy atom. The summed E-state index contributed by atoms with van der Waals surface area (Å²) in [5.41, 5.74) is 1.40. The molecule has 2 aliphatic heterocycles. The molecule has 1 aromatic heterocycles. The molecule has 2 saturated heterocycles. The van der Waals surface area contributed by atoms with Gasteiger partial charge in [0.15, 0.2) is 0 Å². The van der Waals surface area contributed by atoms with Crippen molar-refractivity contribution in [3.05, 3.63) is 57.7 Å². The molecule has 1 aromatic carbocycles. The molecule has 0 aliphatic carbocycles. The predicted molar refractivity (Wildman–Crippen MR) is 137 cm³/mol. The third kappa shape index (κ3) is 5.86. The van der Waals surface area contributed by atoms with Crippen molar-refractivity contribution >= 4 is 39.3 Å². The zero-order valence-electron chi connectivity index (χ0n) is 20.0. The first-order valence-corrected chi connectivity index (χ1v) is 14.1. The van der Waals surface area contributed by atoms with Crippen LogP contribution in [0.2, 0.25) is 10.0 Å². The molecular weight excluding hydrogens is 525 g/mol. The molecule has 0 spiro atoms. The number of likely N-dealkylation sites (tertiary alicyclic amines) is 1. The van der Waals surface area contributed by atoms with Gasteiger partial charge in [0.05, 0.1) is 21.9 Å². The second kappa shape index (κ2) is 10.8. The van der Waals surface area contributed by atoms with E-state index in [0.717, 1.165) is 5.56 Å². The number of aromatic nitrogens is 1. The SMILES string of the molecule is C[C@@H](Oc1ccc(C#N)cn1)[C@@H]1CN(C(=O)N2CCN(S(C)(=O)=O)CC2)C[C@H]1c1ccc(Cl)c(Cl)c1. The van der Waals surface area contributed by atoms with Gasteiger partial charge in [0, 0.05) is 63.4 Å². The lowest BCUT2D eigenvalue weighted by Gasteiger charge is -2.35. The standard InChI is InChI=1S/C24H27Cl2N5O4S/c1-16(35-23-6-3-17(12-27)13-28-23)19-14-30(15-20(19)18-4-5-21(25)22(26)11-18)24(32)29-7-9-31(10-8-29)36(2,33)34/h3-6,11,13,16,19-20H,7-10,14-15H2,1-2H3/t16-,19+,20+/m1/s1. The van der Waals surface area contributed by atoms with Crippen molar-refractivity contribution in [2.75, 3.05) is 45.5 Å². The number of nitrogens with zero attached hydrogens (tertiary/aromatic N) is 5. The Labute approximate surface area is 221 Å². The van der Waals surface area contributed by atoms with Gasteiger partial charge in [-0.15, -0.1) is 0 Å². The van der Waals surface area contributed by atoms with Crippen molar-refractivity contribution in [2.24, 2.45) is 5.92 Å². The highest BCUT2D eigenvalue weighted by molar-refractivity contribution is 7.88. The smallest absolute Gasteiger partial charge is 0.320 e. The number of amides is 2. The highest BCUT2D eigenvalue weighted by Crippen LogP contribution is 2.38. The summed E-state index contributed by atoms with van der Waals surface area (Å²) in [6, 6.07) is 10.7. The maximum Gasteiger partial charge on any atom is 0.320 e. The second-order valence-corrected chi connectivity index (χ2v) is 11.9. The largest absolute Gasteiger partial charge is 0.474 e. The van der Waals surface area contributed by atoms with Gasteiger partial charge >= 0.3 is 6.03 Å². The minimum Gasteiger partial charge on any atom is -0.474 e. The van der Waals surface area contributed by atoms with E-state index in [1.54, 1.807) is 28.0 Å². The molecule has 0 unspecified atom stereocenters. The molecule has 2 amide bonds. The number of hydrogen-bond donors (Lipinski definition) is 0. The van der Waals surface area contributed by atoms with Crippen LogP contribution in [0, 0.1) is 17.2 Å². The Morgan fingerprint density at radius 2 is 1.83 bits per heavy atom. The summed E-state index contributed by atoms with van der Waals surface area (Å²) >= 11 is 12.4. The van der Waals surface area contributed by atoms with Crippen LogP contribution < -0.4 is 4.74 Å². The zero-order valence-corrected chi connectivity index (χ0v) is 22.3. The molecule has 0 bridgehead atoms. The number of hydrogen-bond acceptors (Lipinski definition) is 6. The lowest BCUT2D eigenvalue weighted by atomic mass is 9.86. The average molecular weight is 552 g/mol. The Kier molecular flexibility index (Phi) is 7.95. The minimum absolute atomic E-state index is 0.0607. The van der Waals surface area contributed by atoms with Gasteiger partial charge in [-0.05, 0) is 30.7 Å². The summed E-state index contributed by atoms with van der Waals surface area (Å²) in [6.07, 6.45) is 2.34. The van der Waals surface area contributed by atoms with Gasteiger partial charge < -0.3 is 14.5 Å². The summed E-state index contributed by atoms with van der Waals surface area (Å²) in [6.45, 7) is 4.09. The van der Waals surface area contributed by atoms with Crippen LogP contribution in [0.4, 0.5) is 4.79 Å². The zero-order chi connectivity index (χ0) is 26.0. The first-order valence-electron chi connectivity index (χ1n) is 11.5. The molecule has 3 atom stereocenters. The fourth-order valence-electron chi connectivity index (χ4n) is 4.76. The van der Waals surface area contributed by atoms with Crippen LogP contribution in [-0.4, -0.2) is 85.2 Å². The van der Waals surface area contributed by atoms with Crippen molar-refractivity contribution in [1.82, 2.24) is 19.1 Å². The summed E-state index contributed by atoms with van der Waals surface area (Å²) < 4.78 is 31.2. The highest BCUT2D eigenvalue weighted by atomic mass is 35.5. The van der Waals surface area contributed by atoms with E-state index >= 15 is 0 Å². The molecule has 2 fully saturated rings. The second-order valence-electron chi connectivity index (χ2n) is 9.10. The Hall–Kier alpha value is -2.58. The number of rotatable bonds is 5. The molecule has 12 heteroatoms. The monoisotopic (exact) mass is 551 g/mol. The fourth-order valence-corrected chi connectivity index (χ4v) is 5.89. The van der Waals surface area contributed by atoms with Gasteiger partial charge in [-0.2, -0.15) is 9.57 Å². The van der Waals surface area contributed by atoms with Crippen LogP contribution in [0.3, 0.4) is 0 Å². The topological polar surface area (TPSA) is 107 Å². The third-order valence-electron chi connectivity index (χ3n) is 6.76. The fraction of sp³-hybridized carbons (Fsp3) is 0.458. The number of nitriles is 1. The van der Waals surface area contributed by atoms with Crippen LogP contribution in [-0.2, 0) is 10.0 Å². The summed E-state index contributed by atoms with van der Waals surface area (Å²) in [5, 5.41) is 9.90. The predicted octanol–water partition coefficient (Wildman–Crippen LogP) is 3.44. The van der Waals surface area contributed by atoms with E-state index in [-0.39, 0.29) is 37.1 Å². The maximum absolute atomic E-state index is 13.4. The molecule has 4 rings (SSSR count). The van der Waals surface area contributed by atoms with Crippen molar-refractivity contribution < 1.29 is 17.9 Å². The molecule has 0 N–H and O–H groups in total. The number of piperazine rings is 1. The molecule has 192 valence electrons. The van der Waals surface area contributed by atoms with Crippen molar-refractivity contribution in [3.63, 3.8) is 0 Å². The molecule has 36 heavy (non-hydrogen) atoms. The van der Waals surface area contributed by atoms with E-state index in [9.17, 15) is 13.2 Å². The van der Waals surface area contributed by atoms with Crippen molar-refractivity contribution in [2.45, 2.75) is 18.9 Å².